The van der Waals surface area contributed by atoms with Crippen LogP contribution in [0.5, 0.6) is 0 Å². The van der Waals surface area contributed by atoms with Crippen molar-refractivity contribution < 1.29 is 8.42 Å². The third-order valence-corrected chi connectivity index (χ3v) is 6.06. The summed E-state index contributed by atoms with van der Waals surface area (Å²) in [6.45, 7) is 5.97. The maximum atomic E-state index is 12.2. The van der Waals surface area contributed by atoms with E-state index in [-0.39, 0.29) is 11.9 Å². The van der Waals surface area contributed by atoms with Crippen molar-refractivity contribution in [1.82, 2.24) is 9.21 Å². The van der Waals surface area contributed by atoms with Gasteiger partial charge in [-0.05, 0) is 33.9 Å². The average molecular weight is 269 g/mol. The largest absolute Gasteiger partial charge is 0.305 e. The van der Waals surface area contributed by atoms with Gasteiger partial charge in [0, 0.05) is 25.0 Å². The molecule has 2 unspecified atom stereocenters. The lowest BCUT2D eigenvalue weighted by Gasteiger charge is -2.29. The molecule has 0 aromatic rings. The van der Waals surface area contributed by atoms with E-state index in [4.69, 9.17) is 11.6 Å². The molecule has 1 saturated heterocycles. The molecular weight excluding hydrogens is 248 g/mol. The number of sulfonamides is 1. The molecule has 0 aliphatic carbocycles. The standard InChI is InChI=1S/C10H21ClN2O2S/c1-9-8-12(3)5-4-6-13(9)16(14,15)10(2)7-11/h9-10H,4-8H2,1-3H3. The highest BCUT2D eigenvalue weighted by Crippen LogP contribution is 2.17. The van der Waals surface area contributed by atoms with Crippen LogP contribution in [0.4, 0.5) is 0 Å². The Morgan fingerprint density at radius 2 is 2.06 bits per heavy atom. The lowest BCUT2D eigenvalue weighted by molar-refractivity contribution is 0.289. The van der Waals surface area contributed by atoms with E-state index < -0.39 is 15.3 Å². The Hall–Kier alpha value is 0.160. The van der Waals surface area contributed by atoms with E-state index in [0.717, 1.165) is 19.5 Å². The Morgan fingerprint density at radius 1 is 1.44 bits per heavy atom. The van der Waals surface area contributed by atoms with Crippen molar-refractivity contribution in [3.05, 3.63) is 0 Å². The molecule has 0 N–H and O–H groups in total. The molecule has 0 aromatic heterocycles. The molecule has 0 spiro atoms. The summed E-state index contributed by atoms with van der Waals surface area (Å²) in [5.41, 5.74) is 0. The van der Waals surface area contributed by atoms with Gasteiger partial charge in [0.15, 0.2) is 0 Å². The van der Waals surface area contributed by atoms with Crippen LogP contribution < -0.4 is 0 Å². The van der Waals surface area contributed by atoms with E-state index >= 15 is 0 Å². The van der Waals surface area contributed by atoms with Crippen LogP contribution in [0.3, 0.4) is 0 Å². The fraction of sp³-hybridized carbons (Fsp3) is 1.00. The minimum absolute atomic E-state index is 0.0307. The molecule has 4 nitrogen and oxygen atoms in total. The number of likely N-dealkylation sites (N-methyl/N-ethyl adjacent to an activating group) is 1. The predicted octanol–water partition coefficient (Wildman–Crippen LogP) is 0.970. The van der Waals surface area contributed by atoms with E-state index in [1.807, 2.05) is 14.0 Å². The van der Waals surface area contributed by atoms with Crippen molar-refractivity contribution in [3.63, 3.8) is 0 Å². The van der Waals surface area contributed by atoms with Crippen LogP contribution in [0, 0.1) is 0 Å². The van der Waals surface area contributed by atoms with Crippen molar-refractivity contribution in [2.75, 3.05) is 32.6 Å². The van der Waals surface area contributed by atoms with Gasteiger partial charge in [-0.1, -0.05) is 0 Å². The first-order valence-corrected chi connectivity index (χ1v) is 7.68. The van der Waals surface area contributed by atoms with E-state index in [1.165, 1.54) is 0 Å². The van der Waals surface area contributed by atoms with Crippen LogP contribution in [0.2, 0.25) is 0 Å². The van der Waals surface area contributed by atoms with Crippen molar-refractivity contribution in [1.29, 1.82) is 0 Å². The van der Waals surface area contributed by atoms with Gasteiger partial charge in [-0.3, -0.25) is 0 Å². The van der Waals surface area contributed by atoms with Gasteiger partial charge in [0.2, 0.25) is 10.0 Å². The van der Waals surface area contributed by atoms with Crippen LogP contribution in [0.15, 0.2) is 0 Å². The average Bonchev–Trinajstić information content (AvgIpc) is 2.38. The van der Waals surface area contributed by atoms with Gasteiger partial charge in [-0.15, -0.1) is 11.6 Å². The Labute approximate surface area is 104 Å². The second-order valence-electron chi connectivity index (χ2n) is 4.59. The van der Waals surface area contributed by atoms with Crippen molar-refractivity contribution in [3.8, 4) is 0 Å². The molecule has 2 atom stereocenters. The third kappa shape index (κ3) is 3.09. The highest BCUT2D eigenvalue weighted by Gasteiger charge is 2.33. The van der Waals surface area contributed by atoms with Gasteiger partial charge in [0.25, 0.3) is 0 Å². The summed E-state index contributed by atoms with van der Waals surface area (Å²) in [6, 6.07) is 0.0307. The minimum atomic E-state index is -3.23. The second kappa shape index (κ2) is 5.67. The molecule has 1 heterocycles. The molecule has 0 saturated carbocycles. The Kier molecular flexibility index (Phi) is 5.04. The smallest absolute Gasteiger partial charge is 0.218 e. The maximum Gasteiger partial charge on any atom is 0.218 e. The minimum Gasteiger partial charge on any atom is -0.305 e. The van der Waals surface area contributed by atoms with Gasteiger partial charge in [-0.25, -0.2) is 8.42 Å². The molecule has 0 amide bonds. The summed E-state index contributed by atoms with van der Waals surface area (Å²) < 4.78 is 26.0. The van der Waals surface area contributed by atoms with Crippen LogP contribution in [-0.4, -0.2) is 61.5 Å². The summed E-state index contributed by atoms with van der Waals surface area (Å²) in [4.78, 5) is 2.17. The second-order valence-corrected chi connectivity index (χ2v) is 7.20. The quantitative estimate of drug-likeness (QED) is 0.716. The fourth-order valence-corrected chi connectivity index (χ4v) is 4.09. The SMILES string of the molecule is CC1CN(C)CCCN1S(=O)(=O)C(C)CCl. The molecule has 1 rings (SSSR count). The van der Waals surface area contributed by atoms with Crippen LogP contribution in [0.1, 0.15) is 20.3 Å². The van der Waals surface area contributed by atoms with Gasteiger partial charge in [-0.2, -0.15) is 4.31 Å². The molecule has 1 aliphatic heterocycles. The molecule has 0 bridgehead atoms. The van der Waals surface area contributed by atoms with Crippen LogP contribution in [-0.2, 0) is 10.0 Å². The topological polar surface area (TPSA) is 40.6 Å². The summed E-state index contributed by atoms with van der Waals surface area (Å²) >= 11 is 5.66. The first kappa shape index (κ1) is 14.2. The van der Waals surface area contributed by atoms with Crippen LogP contribution >= 0.6 is 11.6 Å². The number of hydrogen-bond donors (Lipinski definition) is 0. The Morgan fingerprint density at radius 3 is 2.62 bits per heavy atom. The molecule has 1 fully saturated rings. The normalized spacial score (nSPS) is 27.6. The zero-order chi connectivity index (χ0) is 12.3. The zero-order valence-electron chi connectivity index (χ0n) is 10.2. The van der Waals surface area contributed by atoms with Gasteiger partial charge in [0.1, 0.15) is 0 Å². The van der Waals surface area contributed by atoms with Crippen molar-refractivity contribution in [2.45, 2.75) is 31.6 Å². The summed E-state index contributed by atoms with van der Waals surface area (Å²) in [5, 5.41) is -0.500. The number of nitrogens with zero attached hydrogens (tertiary/aromatic N) is 2. The van der Waals surface area contributed by atoms with Gasteiger partial charge >= 0.3 is 0 Å². The van der Waals surface area contributed by atoms with E-state index in [2.05, 4.69) is 4.90 Å². The monoisotopic (exact) mass is 268 g/mol. The third-order valence-electron chi connectivity index (χ3n) is 3.04. The Balaban J connectivity index is 2.85. The first-order valence-electron chi connectivity index (χ1n) is 5.64. The van der Waals surface area contributed by atoms with E-state index in [1.54, 1.807) is 11.2 Å². The highest BCUT2D eigenvalue weighted by molar-refractivity contribution is 7.89. The van der Waals surface area contributed by atoms with Crippen molar-refractivity contribution >= 4 is 21.6 Å². The number of halogens is 1. The van der Waals surface area contributed by atoms with Gasteiger partial charge in [0.05, 0.1) is 5.25 Å². The Bertz CT molecular complexity index is 321. The molecule has 0 radical (unpaired) electrons. The van der Waals surface area contributed by atoms with E-state index in [9.17, 15) is 8.42 Å². The molecule has 6 heteroatoms. The number of alkyl halides is 1. The molecule has 16 heavy (non-hydrogen) atoms. The van der Waals surface area contributed by atoms with E-state index in [0.29, 0.717) is 6.54 Å². The van der Waals surface area contributed by atoms with Gasteiger partial charge < -0.3 is 4.90 Å². The van der Waals surface area contributed by atoms with Crippen LogP contribution in [0.25, 0.3) is 0 Å². The zero-order valence-corrected chi connectivity index (χ0v) is 11.8. The molecule has 1 aliphatic rings. The first-order chi connectivity index (χ1) is 7.39. The van der Waals surface area contributed by atoms with Crippen molar-refractivity contribution in [2.24, 2.45) is 0 Å². The number of rotatable bonds is 3. The molecular formula is C10H21ClN2O2S. The number of hydrogen-bond acceptors (Lipinski definition) is 3. The lowest BCUT2D eigenvalue weighted by atomic mass is 10.3. The summed E-state index contributed by atoms with van der Waals surface area (Å²) in [7, 11) is -1.21. The lowest BCUT2D eigenvalue weighted by Crippen LogP contribution is -2.45. The summed E-state index contributed by atoms with van der Waals surface area (Å²) in [5.74, 6) is 0.154. The molecule has 0 aromatic carbocycles. The predicted molar refractivity (Wildman–Crippen MR) is 67.4 cm³/mol. The molecule has 96 valence electrons. The highest BCUT2D eigenvalue weighted by atomic mass is 35.5. The summed E-state index contributed by atoms with van der Waals surface area (Å²) in [6.07, 6.45) is 0.884. The fourth-order valence-electron chi connectivity index (χ4n) is 2.04. The maximum absolute atomic E-state index is 12.2.